The van der Waals surface area contributed by atoms with Crippen molar-refractivity contribution in [2.45, 2.75) is 38.7 Å². The Morgan fingerprint density at radius 2 is 2.05 bits per heavy atom. The molecule has 0 spiro atoms. The maximum Gasteiger partial charge on any atom is 0.329 e. The molecule has 1 aliphatic heterocycles. The van der Waals surface area contributed by atoms with Crippen molar-refractivity contribution in [2.75, 3.05) is 26.2 Å². The van der Waals surface area contributed by atoms with Crippen molar-refractivity contribution >= 4 is 11.9 Å². The minimum atomic E-state index is -0.985. The summed E-state index contributed by atoms with van der Waals surface area (Å²) in [6, 6.07) is 0. The highest BCUT2D eigenvalue weighted by Gasteiger charge is 2.42. The number of hydrogen-bond donors (Lipinski definition) is 2. The van der Waals surface area contributed by atoms with Gasteiger partial charge in [0.15, 0.2) is 0 Å². The van der Waals surface area contributed by atoms with Crippen LogP contribution in [0.15, 0.2) is 0 Å². The Bertz CT molecular complexity index is 327. The number of carbonyl (C=O) groups excluding carboxylic acids is 1. The lowest BCUT2D eigenvalue weighted by Gasteiger charge is -2.47. The van der Waals surface area contributed by atoms with Crippen LogP contribution in [0, 0.1) is 5.92 Å². The molecule has 1 unspecified atom stereocenters. The summed E-state index contributed by atoms with van der Waals surface area (Å²) in [4.78, 5) is 24.0. The van der Waals surface area contributed by atoms with E-state index in [0.29, 0.717) is 32.0 Å². The predicted octanol–water partition coefficient (Wildman–Crippen LogP) is 0.454. The molecular weight excluding hydrogens is 248 g/mol. The first kappa shape index (κ1) is 15.9. The Labute approximate surface area is 113 Å². The topological polar surface area (TPSA) is 92.9 Å². The Hall–Kier alpha value is -1.14. The second kappa shape index (κ2) is 6.86. The van der Waals surface area contributed by atoms with Gasteiger partial charge < -0.3 is 20.5 Å². The van der Waals surface area contributed by atoms with Crippen LogP contribution >= 0.6 is 0 Å². The summed E-state index contributed by atoms with van der Waals surface area (Å²) >= 11 is 0. The molecule has 1 saturated heterocycles. The number of likely N-dealkylation sites (tertiary alicyclic amines) is 1. The van der Waals surface area contributed by atoms with E-state index < -0.39 is 11.6 Å². The normalized spacial score (nSPS) is 18.8. The zero-order valence-electron chi connectivity index (χ0n) is 11.7. The van der Waals surface area contributed by atoms with Crippen LogP contribution in [0.5, 0.6) is 0 Å². The molecule has 0 aromatic heterocycles. The van der Waals surface area contributed by atoms with E-state index in [2.05, 4.69) is 6.92 Å². The fourth-order valence-corrected chi connectivity index (χ4v) is 2.22. The average Bonchev–Trinajstić information content (AvgIpc) is 2.30. The van der Waals surface area contributed by atoms with Gasteiger partial charge in [-0.25, -0.2) is 4.79 Å². The number of carboxylic acid groups (broad SMARTS) is 1. The van der Waals surface area contributed by atoms with Crippen LogP contribution in [0.2, 0.25) is 0 Å². The molecule has 1 atom stereocenters. The summed E-state index contributed by atoms with van der Waals surface area (Å²) in [6.07, 6.45) is 2.31. The minimum absolute atomic E-state index is 0.111. The van der Waals surface area contributed by atoms with E-state index in [1.54, 1.807) is 4.90 Å². The highest BCUT2D eigenvalue weighted by Crippen LogP contribution is 2.26. The fourth-order valence-electron chi connectivity index (χ4n) is 2.22. The molecule has 1 amide bonds. The van der Waals surface area contributed by atoms with Crippen LogP contribution in [0.1, 0.15) is 33.1 Å². The van der Waals surface area contributed by atoms with Crippen LogP contribution < -0.4 is 5.73 Å². The van der Waals surface area contributed by atoms with Gasteiger partial charge >= 0.3 is 5.97 Å². The molecule has 19 heavy (non-hydrogen) atoms. The monoisotopic (exact) mass is 272 g/mol. The molecule has 3 N–H and O–H groups in total. The number of nitrogens with two attached hydrogens (primary N) is 1. The summed E-state index contributed by atoms with van der Waals surface area (Å²) in [5.41, 5.74) is 4.96. The van der Waals surface area contributed by atoms with Crippen LogP contribution in [0.3, 0.4) is 0 Å². The molecule has 1 fully saturated rings. The SMILES string of the molecule is CC(CCN)CCC(=O)N1CC(C)(OCC(=O)O)C1. The van der Waals surface area contributed by atoms with Crippen molar-refractivity contribution in [1.29, 1.82) is 0 Å². The van der Waals surface area contributed by atoms with Crippen molar-refractivity contribution in [3.05, 3.63) is 0 Å². The Morgan fingerprint density at radius 3 is 2.58 bits per heavy atom. The molecule has 6 nitrogen and oxygen atoms in total. The van der Waals surface area contributed by atoms with Gasteiger partial charge in [-0.3, -0.25) is 4.79 Å². The van der Waals surface area contributed by atoms with Crippen molar-refractivity contribution in [3.63, 3.8) is 0 Å². The summed E-state index contributed by atoms with van der Waals surface area (Å²) in [5, 5.41) is 8.55. The van der Waals surface area contributed by atoms with Crippen molar-refractivity contribution in [2.24, 2.45) is 11.7 Å². The number of aliphatic carboxylic acids is 1. The van der Waals surface area contributed by atoms with Crippen LogP contribution in [0.25, 0.3) is 0 Å². The van der Waals surface area contributed by atoms with Crippen LogP contribution in [-0.4, -0.2) is 53.7 Å². The van der Waals surface area contributed by atoms with E-state index in [1.165, 1.54) is 0 Å². The van der Waals surface area contributed by atoms with E-state index in [4.69, 9.17) is 15.6 Å². The standard InChI is InChI=1S/C13H24N2O4/c1-10(5-6-14)3-4-11(16)15-8-13(2,9-15)19-7-12(17)18/h10H,3-9,14H2,1-2H3,(H,17,18). The Balaban J connectivity index is 2.22. The lowest BCUT2D eigenvalue weighted by Crippen LogP contribution is -2.63. The molecule has 110 valence electrons. The van der Waals surface area contributed by atoms with E-state index in [1.807, 2.05) is 6.92 Å². The molecule has 0 aromatic carbocycles. The molecule has 1 heterocycles. The van der Waals surface area contributed by atoms with Gasteiger partial charge in [0.1, 0.15) is 12.2 Å². The maximum absolute atomic E-state index is 11.9. The van der Waals surface area contributed by atoms with Crippen LogP contribution in [-0.2, 0) is 14.3 Å². The lowest BCUT2D eigenvalue weighted by atomic mass is 9.94. The third kappa shape index (κ3) is 5.16. The van der Waals surface area contributed by atoms with E-state index in [-0.39, 0.29) is 12.5 Å². The fraction of sp³-hybridized carbons (Fsp3) is 0.846. The van der Waals surface area contributed by atoms with Crippen molar-refractivity contribution in [1.82, 2.24) is 4.90 Å². The van der Waals surface area contributed by atoms with Gasteiger partial charge in [-0.05, 0) is 32.2 Å². The lowest BCUT2D eigenvalue weighted by molar-refractivity contribution is -0.173. The van der Waals surface area contributed by atoms with Crippen molar-refractivity contribution in [3.8, 4) is 0 Å². The molecular formula is C13H24N2O4. The first-order valence-electron chi connectivity index (χ1n) is 6.70. The summed E-state index contributed by atoms with van der Waals surface area (Å²) in [6.45, 7) is 5.22. The van der Waals surface area contributed by atoms with Gasteiger partial charge in [-0.2, -0.15) is 0 Å². The number of amides is 1. The number of rotatable bonds is 8. The quantitative estimate of drug-likeness (QED) is 0.669. The summed E-state index contributed by atoms with van der Waals surface area (Å²) in [7, 11) is 0. The van der Waals surface area contributed by atoms with E-state index in [0.717, 1.165) is 12.8 Å². The second-order valence-corrected chi connectivity index (χ2v) is 5.60. The largest absolute Gasteiger partial charge is 0.480 e. The summed E-state index contributed by atoms with van der Waals surface area (Å²) < 4.78 is 5.26. The predicted molar refractivity (Wildman–Crippen MR) is 70.6 cm³/mol. The molecule has 1 aliphatic rings. The average molecular weight is 272 g/mol. The number of hydrogen-bond acceptors (Lipinski definition) is 4. The maximum atomic E-state index is 11.9. The highest BCUT2D eigenvalue weighted by atomic mass is 16.5. The van der Waals surface area contributed by atoms with Gasteiger partial charge in [-0.15, -0.1) is 0 Å². The third-order valence-corrected chi connectivity index (χ3v) is 3.46. The molecule has 0 aromatic rings. The molecule has 0 radical (unpaired) electrons. The number of ether oxygens (including phenoxy) is 1. The second-order valence-electron chi connectivity index (χ2n) is 5.60. The first-order chi connectivity index (χ1) is 8.86. The zero-order chi connectivity index (χ0) is 14.5. The van der Waals surface area contributed by atoms with Gasteiger partial charge in [0.2, 0.25) is 5.91 Å². The van der Waals surface area contributed by atoms with Crippen molar-refractivity contribution < 1.29 is 19.4 Å². The first-order valence-corrected chi connectivity index (χ1v) is 6.70. The van der Waals surface area contributed by atoms with Gasteiger partial charge in [0.25, 0.3) is 0 Å². The Morgan fingerprint density at radius 1 is 1.42 bits per heavy atom. The molecule has 0 bridgehead atoms. The smallest absolute Gasteiger partial charge is 0.329 e. The third-order valence-electron chi connectivity index (χ3n) is 3.46. The highest BCUT2D eigenvalue weighted by molar-refractivity contribution is 5.77. The van der Waals surface area contributed by atoms with E-state index in [9.17, 15) is 9.59 Å². The van der Waals surface area contributed by atoms with E-state index >= 15 is 0 Å². The molecule has 0 saturated carbocycles. The van der Waals surface area contributed by atoms with Gasteiger partial charge in [-0.1, -0.05) is 6.92 Å². The van der Waals surface area contributed by atoms with Gasteiger partial charge in [0, 0.05) is 6.42 Å². The molecule has 0 aliphatic carbocycles. The van der Waals surface area contributed by atoms with Gasteiger partial charge in [0.05, 0.1) is 13.1 Å². The number of carboxylic acids is 1. The number of nitrogens with zero attached hydrogens (tertiary/aromatic N) is 1. The summed E-state index contributed by atoms with van der Waals surface area (Å²) in [5.74, 6) is -0.410. The minimum Gasteiger partial charge on any atom is -0.480 e. The van der Waals surface area contributed by atoms with Crippen LogP contribution in [0.4, 0.5) is 0 Å². The molecule has 1 rings (SSSR count). The Kier molecular flexibility index (Phi) is 5.75. The molecule has 6 heteroatoms. The zero-order valence-corrected chi connectivity index (χ0v) is 11.7. The number of carbonyl (C=O) groups is 2.